The third-order valence-corrected chi connectivity index (χ3v) is 3.49. The number of carbonyl (C=O) groups is 3. The van der Waals surface area contributed by atoms with Gasteiger partial charge in [-0.15, -0.1) is 0 Å². The molecule has 0 saturated carbocycles. The van der Waals surface area contributed by atoms with Crippen LogP contribution in [0.3, 0.4) is 0 Å². The lowest BCUT2D eigenvalue weighted by atomic mass is 10.3. The van der Waals surface area contributed by atoms with E-state index >= 15 is 0 Å². The third-order valence-electron chi connectivity index (χ3n) is 2.20. The van der Waals surface area contributed by atoms with E-state index in [1.54, 1.807) is 0 Å². The van der Waals surface area contributed by atoms with Crippen LogP contribution in [0.15, 0.2) is 31.2 Å². The van der Waals surface area contributed by atoms with Crippen LogP contribution >= 0.6 is 27.7 Å². The van der Waals surface area contributed by atoms with E-state index in [0.29, 0.717) is 4.67 Å². The Morgan fingerprint density at radius 2 is 2.23 bits per heavy atom. The van der Waals surface area contributed by atoms with E-state index in [4.69, 9.17) is 14.9 Å². The van der Waals surface area contributed by atoms with Crippen molar-refractivity contribution in [1.29, 1.82) is 5.41 Å². The number of hydrogen-bond donors (Lipinski definition) is 3. The smallest absolute Gasteiger partial charge is 0.313 e. The molecule has 1 aliphatic rings. The molecule has 2 rings (SSSR count). The van der Waals surface area contributed by atoms with E-state index in [1.807, 2.05) is 0 Å². The lowest BCUT2D eigenvalue weighted by molar-refractivity contribution is -0.133. The number of nitrogens with one attached hydrogen (secondary N) is 2. The molecule has 0 aliphatic carbocycles. The number of carboxylic acid groups (broad SMARTS) is 1. The predicted octanol–water partition coefficient (Wildman–Crippen LogP) is 0.904. The van der Waals surface area contributed by atoms with Crippen molar-refractivity contribution in [1.82, 2.24) is 5.32 Å². The van der Waals surface area contributed by atoms with Crippen molar-refractivity contribution in [3.05, 3.63) is 22.6 Å². The van der Waals surface area contributed by atoms with E-state index in [9.17, 15) is 14.4 Å². The van der Waals surface area contributed by atoms with Gasteiger partial charge >= 0.3 is 11.9 Å². The molecule has 114 valence electrons. The first-order chi connectivity index (χ1) is 10.4. The van der Waals surface area contributed by atoms with Crippen LogP contribution in [-0.4, -0.2) is 45.4 Å². The number of thioether (sulfide) groups is 1. The Kier molecular flexibility index (Phi) is 4.88. The number of furan rings is 1. The summed E-state index contributed by atoms with van der Waals surface area (Å²) in [4.78, 5) is 41.3. The van der Waals surface area contributed by atoms with E-state index < -0.39 is 29.3 Å². The Morgan fingerprint density at radius 1 is 1.50 bits per heavy atom. The van der Waals surface area contributed by atoms with Crippen LogP contribution in [0, 0.1) is 5.41 Å². The van der Waals surface area contributed by atoms with Gasteiger partial charge in [0.2, 0.25) is 0 Å². The van der Waals surface area contributed by atoms with Gasteiger partial charge in [0.15, 0.2) is 27.1 Å². The van der Waals surface area contributed by atoms with Crippen LogP contribution < -0.4 is 5.32 Å². The second-order valence-electron chi connectivity index (χ2n) is 3.77. The molecule has 0 fully saturated rings. The maximum atomic E-state index is 11.8. The topological polar surface area (TPSA) is 145 Å². The summed E-state index contributed by atoms with van der Waals surface area (Å²) in [5.41, 5.74) is -0.475. The molecule has 0 radical (unpaired) electrons. The Labute approximate surface area is 135 Å². The average molecular weight is 387 g/mol. The fourth-order valence-electron chi connectivity index (χ4n) is 1.33. The zero-order valence-electron chi connectivity index (χ0n) is 10.6. The molecule has 0 atom stereocenters. The second kappa shape index (κ2) is 6.66. The van der Waals surface area contributed by atoms with E-state index in [-0.39, 0.29) is 16.7 Å². The van der Waals surface area contributed by atoms with Crippen LogP contribution in [0.5, 0.6) is 0 Å². The molecule has 0 spiro atoms. The van der Waals surface area contributed by atoms with Crippen molar-refractivity contribution in [2.24, 2.45) is 9.98 Å². The molecule has 2 amide bonds. The van der Waals surface area contributed by atoms with Gasteiger partial charge in [0.1, 0.15) is 0 Å². The standard InChI is InChI=1S/C11H7BrN4O5S/c12-5-2-1-4(21-5)9(19)14-7-8(13)15-11(16-10(7)20)22-3-6(17)18/h1-2H,3H2,(H,17,18)(H2,13,15,16,20). The minimum atomic E-state index is -1.09. The predicted molar refractivity (Wildman–Crippen MR) is 81.6 cm³/mol. The zero-order valence-corrected chi connectivity index (χ0v) is 13.0. The number of aliphatic carboxylic acids is 1. The summed E-state index contributed by atoms with van der Waals surface area (Å²) in [5, 5.41) is 18.4. The number of halogens is 1. The second-order valence-corrected chi connectivity index (χ2v) is 5.52. The molecule has 0 saturated heterocycles. The van der Waals surface area contributed by atoms with Gasteiger partial charge < -0.3 is 9.52 Å². The number of amidine groups is 2. The Balaban J connectivity index is 2.17. The van der Waals surface area contributed by atoms with Gasteiger partial charge in [-0.2, -0.15) is 4.99 Å². The van der Waals surface area contributed by atoms with Crippen molar-refractivity contribution in [3.8, 4) is 0 Å². The highest BCUT2D eigenvalue weighted by Crippen LogP contribution is 2.15. The summed E-state index contributed by atoms with van der Waals surface area (Å²) in [7, 11) is 0. The largest absolute Gasteiger partial charge is 0.481 e. The van der Waals surface area contributed by atoms with Crippen molar-refractivity contribution in [2.75, 3.05) is 5.75 Å². The number of carboxylic acids is 1. The van der Waals surface area contributed by atoms with Crippen LogP contribution in [0.2, 0.25) is 0 Å². The SMILES string of the molecule is N=C1N=C(SCC(=O)O)NC(=O)C1=NC(=O)c1ccc(Br)o1. The summed E-state index contributed by atoms with van der Waals surface area (Å²) in [6.07, 6.45) is 0. The normalized spacial score (nSPS) is 16.4. The van der Waals surface area contributed by atoms with Gasteiger partial charge in [0.25, 0.3) is 5.91 Å². The number of aliphatic imine (C=N–C) groups is 2. The van der Waals surface area contributed by atoms with Gasteiger partial charge in [-0.25, -0.2) is 4.99 Å². The molecule has 0 aromatic carbocycles. The molecular weight excluding hydrogens is 380 g/mol. The van der Waals surface area contributed by atoms with Gasteiger partial charge in [-0.05, 0) is 28.1 Å². The van der Waals surface area contributed by atoms with Gasteiger partial charge in [0.05, 0.1) is 5.75 Å². The highest BCUT2D eigenvalue weighted by molar-refractivity contribution is 9.10. The van der Waals surface area contributed by atoms with Crippen molar-refractivity contribution in [3.63, 3.8) is 0 Å². The van der Waals surface area contributed by atoms with Gasteiger partial charge in [-0.3, -0.25) is 25.1 Å². The van der Waals surface area contributed by atoms with Crippen LogP contribution in [0.25, 0.3) is 0 Å². The number of hydrogen-bond acceptors (Lipinski definition) is 6. The fourth-order valence-corrected chi connectivity index (χ4v) is 2.22. The van der Waals surface area contributed by atoms with E-state index in [1.165, 1.54) is 12.1 Å². The third kappa shape index (κ3) is 3.89. The lowest BCUT2D eigenvalue weighted by Gasteiger charge is -2.13. The minimum absolute atomic E-state index is 0.0375. The Hall–Kier alpha value is -2.27. The van der Waals surface area contributed by atoms with Gasteiger partial charge in [0, 0.05) is 0 Å². The monoisotopic (exact) mass is 386 g/mol. The maximum Gasteiger partial charge on any atom is 0.313 e. The quantitative estimate of drug-likeness (QED) is 0.703. The summed E-state index contributed by atoms with van der Waals surface area (Å²) in [6, 6.07) is 2.84. The van der Waals surface area contributed by atoms with Crippen molar-refractivity contribution in [2.45, 2.75) is 0 Å². The lowest BCUT2D eigenvalue weighted by Crippen LogP contribution is -2.43. The molecule has 1 aliphatic heterocycles. The molecule has 0 bridgehead atoms. The van der Waals surface area contributed by atoms with Crippen LogP contribution in [0.4, 0.5) is 0 Å². The maximum absolute atomic E-state index is 11.8. The molecule has 9 nitrogen and oxygen atoms in total. The Bertz CT molecular complexity index is 739. The summed E-state index contributed by atoms with van der Waals surface area (Å²) in [6.45, 7) is 0. The molecule has 11 heteroatoms. The highest BCUT2D eigenvalue weighted by Gasteiger charge is 2.26. The molecule has 1 aromatic rings. The highest BCUT2D eigenvalue weighted by atomic mass is 79.9. The minimum Gasteiger partial charge on any atom is -0.481 e. The summed E-state index contributed by atoms with van der Waals surface area (Å²) < 4.78 is 5.32. The van der Waals surface area contributed by atoms with E-state index in [0.717, 1.165) is 11.8 Å². The van der Waals surface area contributed by atoms with E-state index in [2.05, 4.69) is 31.2 Å². The van der Waals surface area contributed by atoms with Crippen LogP contribution in [-0.2, 0) is 9.59 Å². The van der Waals surface area contributed by atoms with Crippen molar-refractivity contribution >= 4 is 62.2 Å². The number of nitrogens with zero attached hydrogens (tertiary/aromatic N) is 2. The van der Waals surface area contributed by atoms with Crippen LogP contribution in [0.1, 0.15) is 10.6 Å². The summed E-state index contributed by atoms with van der Waals surface area (Å²) >= 11 is 3.77. The summed E-state index contributed by atoms with van der Waals surface area (Å²) in [5.74, 6) is -3.69. The zero-order chi connectivity index (χ0) is 16.3. The first kappa shape index (κ1) is 16.1. The Morgan fingerprint density at radius 3 is 2.77 bits per heavy atom. The first-order valence-corrected chi connectivity index (χ1v) is 7.36. The average Bonchev–Trinajstić information content (AvgIpc) is 2.87. The number of carbonyl (C=O) groups excluding carboxylic acids is 2. The molecule has 22 heavy (non-hydrogen) atoms. The number of amides is 2. The number of rotatable bonds is 3. The van der Waals surface area contributed by atoms with Crippen molar-refractivity contribution < 1.29 is 23.9 Å². The van der Waals surface area contributed by atoms with Gasteiger partial charge in [-0.1, -0.05) is 11.8 Å². The molecule has 0 unspecified atom stereocenters. The molecule has 1 aromatic heterocycles. The molecule has 2 heterocycles. The first-order valence-electron chi connectivity index (χ1n) is 5.58. The fraction of sp³-hybridized carbons (Fsp3) is 0.0909. The molecular formula is C11H7BrN4O5S. The molecule has 3 N–H and O–H groups in total.